The van der Waals surface area contributed by atoms with Crippen LogP contribution in [0.1, 0.15) is 16.9 Å². The van der Waals surface area contributed by atoms with Gasteiger partial charge < -0.3 is 20.7 Å². The van der Waals surface area contributed by atoms with Crippen molar-refractivity contribution in [1.82, 2.24) is 15.2 Å². The van der Waals surface area contributed by atoms with Crippen LogP contribution in [0.15, 0.2) is 48.7 Å². The summed E-state index contributed by atoms with van der Waals surface area (Å²) in [6.07, 6.45) is 2.20. The van der Waals surface area contributed by atoms with Crippen molar-refractivity contribution in [3.63, 3.8) is 0 Å². The molecule has 1 aliphatic heterocycles. The van der Waals surface area contributed by atoms with E-state index in [0.29, 0.717) is 31.0 Å². The third kappa shape index (κ3) is 3.62. The molecular weight excluding hydrogens is 308 g/mol. The van der Waals surface area contributed by atoms with Gasteiger partial charge in [-0.15, -0.1) is 0 Å². The molecule has 3 N–H and O–H groups in total. The van der Waals surface area contributed by atoms with Gasteiger partial charge in [-0.05, 0) is 30.7 Å². The van der Waals surface area contributed by atoms with Crippen LogP contribution in [0.2, 0.25) is 0 Å². The van der Waals surface area contributed by atoms with Crippen LogP contribution >= 0.6 is 0 Å². The predicted octanol–water partition coefficient (Wildman–Crippen LogP) is 1.76. The Labute approximate surface area is 139 Å². The zero-order valence-electron chi connectivity index (χ0n) is 13.0. The number of pyridine rings is 1. The van der Waals surface area contributed by atoms with Crippen LogP contribution in [0.5, 0.6) is 11.5 Å². The molecule has 1 atom stereocenters. The molecule has 3 rings (SSSR count). The summed E-state index contributed by atoms with van der Waals surface area (Å²) >= 11 is 0. The van der Waals surface area contributed by atoms with Crippen molar-refractivity contribution < 1.29 is 14.3 Å². The van der Waals surface area contributed by atoms with E-state index in [2.05, 4.69) is 10.3 Å². The van der Waals surface area contributed by atoms with Crippen molar-refractivity contribution in [1.29, 1.82) is 0 Å². The quantitative estimate of drug-likeness (QED) is 0.894. The van der Waals surface area contributed by atoms with E-state index in [1.54, 1.807) is 24.3 Å². The van der Waals surface area contributed by atoms with Gasteiger partial charge in [0.2, 0.25) is 0 Å². The number of aromatic nitrogens is 1. The van der Waals surface area contributed by atoms with Gasteiger partial charge in [-0.25, -0.2) is 9.78 Å². The first-order valence-electron chi connectivity index (χ1n) is 7.66. The predicted molar refractivity (Wildman–Crippen MR) is 87.8 cm³/mol. The van der Waals surface area contributed by atoms with E-state index >= 15 is 0 Å². The lowest BCUT2D eigenvalue weighted by Gasteiger charge is -2.15. The van der Waals surface area contributed by atoms with Gasteiger partial charge in [-0.1, -0.05) is 18.2 Å². The second-order valence-electron chi connectivity index (χ2n) is 5.51. The standard InChI is InChI=1S/C17H18N4O3/c18-17(23)21-10-8-12(11-21)20-16(22)15-14(7-4-9-19-15)24-13-5-2-1-3-6-13/h1-7,9,12H,8,10-11H2,(H2,18,23)(H,20,22). The van der Waals surface area contributed by atoms with Crippen LogP contribution in [0.4, 0.5) is 4.79 Å². The number of carbonyl (C=O) groups is 2. The van der Waals surface area contributed by atoms with E-state index in [9.17, 15) is 9.59 Å². The smallest absolute Gasteiger partial charge is 0.314 e. The Morgan fingerprint density at radius 1 is 1.21 bits per heavy atom. The van der Waals surface area contributed by atoms with E-state index in [0.717, 1.165) is 0 Å². The number of rotatable bonds is 4. The average Bonchev–Trinajstić information content (AvgIpc) is 3.05. The zero-order chi connectivity index (χ0) is 16.9. The van der Waals surface area contributed by atoms with Crippen molar-refractivity contribution in [3.05, 3.63) is 54.4 Å². The maximum atomic E-state index is 12.5. The number of carbonyl (C=O) groups excluding carboxylic acids is 2. The van der Waals surface area contributed by atoms with E-state index in [-0.39, 0.29) is 17.6 Å². The molecule has 24 heavy (non-hydrogen) atoms. The molecule has 1 saturated heterocycles. The van der Waals surface area contributed by atoms with Crippen LogP contribution in [-0.4, -0.2) is 41.0 Å². The molecule has 1 aromatic carbocycles. The number of hydrogen-bond donors (Lipinski definition) is 2. The fourth-order valence-electron chi connectivity index (χ4n) is 2.59. The van der Waals surface area contributed by atoms with Crippen LogP contribution in [0.25, 0.3) is 0 Å². The Kier molecular flexibility index (Phi) is 4.60. The average molecular weight is 326 g/mol. The molecule has 0 saturated carbocycles. The number of amides is 3. The fourth-order valence-corrected chi connectivity index (χ4v) is 2.59. The van der Waals surface area contributed by atoms with Gasteiger partial charge in [0.05, 0.1) is 0 Å². The lowest BCUT2D eigenvalue weighted by Crippen LogP contribution is -2.40. The normalized spacial score (nSPS) is 16.7. The summed E-state index contributed by atoms with van der Waals surface area (Å²) < 4.78 is 5.75. The maximum absolute atomic E-state index is 12.5. The highest BCUT2D eigenvalue weighted by molar-refractivity contribution is 5.95. The van der Waals surface area contributed by atoms with Crippen molar-refractivity contribution in [2.45, 2.75) is 12.5 Å². The van der Waals surface area contributed by atoms with E-state index < -0.39 is 6.03 Å². The number of likely N-dealkylation sites (tertiary alicyclic amines) is 1. The lowest BCUT2D eigenvalue weighted by atomic mass is 10.2. The summed E-state index contributed by atoms with van der Waals surface area (Å²) in [5.74, 6) is 0.670. The summed E-state index contributed by atoms with van der Waals surface area (Å²) in [6.45, 7) is 0.943. The summed E-state index contributed by atoms with van der Waals surface area (Å²) in [5.41, 5.74) is 5.46. The zero-order valence-corrected chi connectivity index (χ0v) is 13.0. The molecule has 1 fully saturated rings. The molecule has 7 heteroatoms. The monoisotopic (exact) mass is 326 g/mol. The third-order valence-corrected chi connectivity index (χ3v) is 3.79. The number of benzene rings is 1. The number of nitrogens with two attached hydrogens (primary N) is 1. The van der Waals surface area contributed by atoms with Gasteiger partial charge in [0.1, 0.15) is 5.75 Å². The topological polar surface area (TPSA) is 97.6 Å². The van der Waals surface area contributed by atoms with Crippen molar-refractivity contribution in [2.75, 3.05) is 13.1 Å². The molecule has 1 unspecified atom stereocenters. The van der Waals surface area contributed by atoms with Crippen LogP contribution in [0, 0.1) is 0 Å². The van der Waals surface area contributed by atoms with Gasteiger partial charge in [0, 0.05) is 25.3 Å². The molecule has 0 aliphatic carbocycles. The molecule has 7 nitrogen and oxygen atoms in total. The minimum Gasteiger partial charge on any atom is -0.455 e. The molecule has 0 bridgehead atoms. The Bertz CT molecular complexity index is 736. The first-order valence-corrected chi connectivity index (χ1v) is 7.66. The summed E-state index contributed by atoms with van der Waals surface area (Å²) in [4.78, 5) is 29.3. The van der Waals surface area contributed by atoms with Gasteiger partial charge in [-0.2, -0.15) is 0 Å². The number of para-hydroxylation sites is 1. The minimum atomic E-state index is -0.474. The maximum Gasteiger partial charge on any atom is 0.314 e. The number of primary amides is 1. The molecule has 0 radical (unpaired) electrons. The van der Waals surface area contributed by atoms with Gasteiger partial charge in [-0.3, -0.25) is 4.79 Å². The van der Waals surface area contributed by atoms with Crippen LogP contribution < -0.4 is 15.8 Å². The number of nitrogens with one attached hydrogen (secondary N) is 1. The van der Waals surface area contributed by atoms with Crippen LogP contribution in [0.3, 0.4) is 0 Å². The Hall–Kier alpha value is -3.09. The largest absolute Gasteiger partial charge is 0.455 e. The molecule has 124 valence electrons. The van der Waals surface area contributed by atoms with Gasteiger partial charge in [0.25, 0.3) is 5.91 Å². The van der Waals surface area contributed by atoms with Crippen molar-refractivity contribution >= 4 is 11.9 Å². The second-order valence-corrected chi connectivity index (χ2v) is 5.51. The third-order valence-electron chi connectivity index (χ3n) is 3.79. The van der Waals surface area contributed by atoms with E-state index in [1.807, 2.05) is 18.2 Å². The first-order chi connectivity index (χ1) is 11.6. The number of ether oxygens (including phenoxy) is 1. The SMILES string of the molecule is NC(=O)N1CCC(NC(=O)c2ncccc2Oc2ccccc2)C1. The molecule has 1 aliphatic rings. The van der Waals surface area contributed by atoms with E-state index in [1.165, 1.54) is 11.1 Å². The Morgan fingerprint density at radius 2 is 2.00 bits per heavy atom. The van der Waals surface area contributed by atoms with Crippen molar-refractivity contribution in [2.24, 2.45) is 5.73 Å². The number of urea groups is 1. The van der Waals surface area contributed by atoms with Crippen LogP contribution in [-0.2, 0) is 0 Å². The summed E-state index contributed by atoms with van der Waals surface area (Å²) in [6, 6.07) is 12.0. The minimum absolute atomic E-state index is 0.142. The summed E-state index contributed by atoms with van der Waals surface area (Å²) in [7, 11) is 0. The molecular formula is C17H18N4O3. The highest BCUT2D eigenvalue weighted by Gasteiger charge is 2.27. The Balaban J connectivity index is 1.70. The van der Waals surface area contributed by atoms with E-state index in [4.69, 9.17) is 10.5 Å². The molecule has 2 heterocycles. The molecule has 0 spiro atoms. The fraction of sp³-hybridized carbons (Fsp3) is 0.235. The molecule has 3 amide bonds. The van der Waals surface area contributed by atoms with Crippen molar-refractivity contribution in [3.8, 4) is 11.5 Å². The molecule has 1 aromatic heterocycles. The molecule has 2 aromatic rings. The van der Waals surface area contributed by atoms with Gasteiger partial charge >= 0.3 is 6.03 Å². The summed E-state index contributed by atoms with van der Waals surface area (Å²) in [5, 5.41) is 2.88. The second kappa shape index (κ2) is 6.99. The first kappa shape index (κ1) is 15.8. The van der Waals surface area contributed by atoms with Gasteiger partial charge in [0.15, 0.2) is 11.4 Å². The Morgan fingerprint density at radius 3 is 2.71 bits per heavy atom. The highest BCUT2D eigenvalue weighted by Crippen LogP contribution is 2.23. The number of hydrogen-bond acceptors (Lipinski definition) is 4. The highest BCUT2D eigenvalue weighted by atomic mass is 16.5. The number of nitrogens with zero attached hydrogens (tertiary/aromatic N) is 2. The lowest BCUT2D eigenvalue weighted by molar-refractivity contribution is 0.0930.